The molecule has 0 saturated carbocycles. The number of fused-ring (bicyclic) bond motifs is 1. The van der Waals surface area contributed by atoms with Gasteiger partial charge in [0.15, 0.2) is 0 Å². The van der Waals surface area contributed by atoms with Crippen LogP contribution in [-0.2, 0) is 7.05 Å². The van der Waals surface area contributed by atoms with E-state index >= 15 is 0 Å². The van der Waals surface area contributed by atoms with Gasteiger partial charge in [0.1, 0.15) is 16.8 Å². The van der Waals surface area contributed by atoms with Crippen LogP contribution < -0.4 is 16.2 Å². The van der Waals surface area contributed by atoms with Gasteiger partial charge in [-0.2, -0.15) is 5.26 Å². The summed E-state index contributed by atoms with van der Waals surface area (Å²) in [5, 5.41) is 17.0. The standard InChI is InChI=1S/C23H19ClN6O/c1-14(18-5-3-4-9-26-18)28-20-12-22(31)30(2)21-7-6-15(11-16(20)21)29-19-8-10-27-23(24)17(19)13-25/h3-12,14,28H,1-2H3,(H,27,29). The van der Waals surface area contributed by atoms with Crippen molar-refractivity contribution in [3.05, 3.63) is 87.7 Å². The Balaban J connectivity index is 1.77. The molecule has 7 nitrogen and oxygen atoms in total. The van der Waals surface area contributed by atoms with Crippen LogP contribution in [0.4, 0.5) is 17.1 Å². The van der Waals surface area contributed by atoms with E-state index in [4.69, 9.17) is 11.6 Å². The number of hydrogen-bond acceptors (Lipinski definition) is 6. The van der Waals surface area contributed by atoms with Crippen molar-refractivity contribution in [3.8, 4) is 6.07 Å². The predicted octanol–water partition coefficient (Wildman–Crippen LogP) is 4.77. The third kappa shape index (κ3) is 4.06. The Morgan fingerprint density at radius 2 is 1.94 bits per heavy atom. The van der Waals surface area contributed by atoms with Gasteiger partial charge in [-0.1, -0.05) is 17.7 Å². The third-order valence-electron chi connectivity index (χ3n) is 5.05. The third-order valence-corrected chi connectivity index (χ3v) is 5.33. The van der Waals surface area contributed by atoms with Crippen LogP contribution in [0.2, 0.25) is 5.15 Å². The lowest BCUT2D eigenvalue weighted by molar-refractivity contribution is 0.837. The fourth-order valence-corrected chi connectivity index (χ4v) is 3.60. The maximum Gasteiger partial charge on any atom is 0.252 e. The number of benzene rings is 1. The van der Waals surface area contributed by atoms with Gasteiger partial charge in [-0.15, -0.1) is 0 Å². The van der Waals surface area contributed by atoms with E-state index in [0.29, 0.717) is 11.4 Å². The minimum absolute atomic E-state index is 0.0997. The van der Waals surface area contributed by atoms with E-state index in [1.807, 2.05) is 43.3 Å². The first-order valence-electron chi connectivity index (χ1n) is 9.61. The minimum atomic E-state index is -0.114. The van der Waals surface area contributed by atoms with Gasteiger partial charge in [0.2, 0.25) is 0 Å². The maximum atomic E-state index is 12.5. The molecule has 0 aliphatic rings. The lowest BCUT2D eigenvalue weighted by Gasteiger charge is -2.18. The number of hydrogen-bond donors (Lipinski definition) is 2. The molecule has 0 bridgehead atoms. The van der Waals surface area contributed by atoms with Crippen LogP contribution in [0.25, 0.3) is 10.9 Å². The normalized spacial score (nSPS) is 11.7. The van der Waals surface area contributed by atoms with Crippen molar-refractivity contribution in [2.24, 2.45) is 7.05 Å². The molecular formula is C23H19ClN6O. The van der Waals surface area contributed by atoms with Gasteiger partial charge in [-0.25, -0.2) is 4.98 Å². The second kappa shape index (κ2) is 8.46. The Kier molecular flexibility index (Phi) is 5.56. The first-order chi connectivity index (χ1) is 15.0. The molecule has 0 aliphatic heterocycles. The number of nitriles is 1. The van der Waals surface area contributed by atoms with E-state index in [-0.39, 0.29) is 22.3 Å². The first-order valence-corrected chi connectivity index (χ1v) is 9.98. The zero-order chi connectivity index (χ0) is 22.0. The monoisotopic (exact) mass is 430 g/mol. The van der Waals surface area contributed by atoms with E-state index in [1.165, 1.54) is 6.20 Å². The number of anilines is 3. The smallest absolute Gasteiger partial charge is 0.252 e. The van der Waals surface area contributed by atoms with Crippen LogP contribution >= 0.6 is 11.6 Å². The molecule has 0 radical (unpaired) electrons. The molecule has 2 N–H and O–H groups in total. The molecule has 1 atom stereocenters. The Bertz CT molecular complexity index is 1360. The highest BCUT2D eigenvalue weighted by molar-refractivity contribution is 6.31. The van der Waals surface area contributed by atoms with E-state index in [2.05, 4.69) is 26.7 Å². The van der Waals surface area contributed by atoms with Gasteiger partial charge in [0.05, 0.1) is 22.9 Å². The van der Waals surface area contributed by atoms with Crippen molar-refractivity contribution in [1.82, 2.24) is 14.5 Å². The van der Waals surface area contributed by atoms with E-state index in [1.54, 1.807) is 29.9 Å². The largest absolute Gasteiger partial charge is 0.376 e. The molecule has 0 aliphatic carbocycles. The number of pyridine rings is 3. The molecule has 4 rings (SSSR count). The summed E-state index contributed by atoms with van der Waals surface area (Å²) in [4.78, 5) is 20.8. The second-order valence-corrected chi connectivity index (χ2v) is 7.43. The number of nitrogens with one attached hydrogen (secondary N) is 2. The summed E-state index contributed by atoms with van der Waals surface area (Å²) in [6.45, 7) is 1.99. The number of aryl methyl sites for hydroxylation is 1. The molecule has 0 fully saturated rings. The number of rotatable bonds is 5. The Morgan fingerprint density at radius 1 is 1.10 bits per heavy atom. The summed E-state index contributed by atoms with van der Waals surface area (Å²) in [7, 11) is 1.74. The van der Waals surface area contributed by atoms with Gasteiger partial charge in [0.25, 0.3) is 5.56 Å². The minimum Gasteiger partial charge on any atom is -0.376 e. The quantitative estimate of drug-likeness (QED) is 0.443. The van der Waals surface area contributed by atoms with Crippen molar-refractivity contribution in [2.75, 3.05) is 10.6 Å². The van der Waals surface area contributed by atoms with E-state index < -0.39 is 0 Å². The summed E-state index contributed by atoms with van der Waals surface area (Å²) in [5.41, 5.74) is 3.82. The molecule has 1 aromatic carbocycles. The van der Waals surface area contributed by atoms with Crippen molar-refractivity contribution >= 4 is 39.6 Å². The van der Waals surface area contributed by atoms with Gasteiger partial charge < -0.3 is 15.2 Å². The Labute approximate surface area is 184 Å². The zero-order valence-electron chi connectivity index (χ0n) is 16.9. The van der Waals surface area contributed by atoms with Crippen LogP contribution in [0.3, 0.4) is 0 Å². The summed E-state index contributed by atoms with van der Waals surface area (Å²) >= 11 is 6.04. The lowest BCUT2D eigenvalue weighted by Crippen LogP contribution is -2.18. The van der Waals surface area contributed by atoms with Gasteiger partial charge in [-0.05, 0) is 43.3 Å². The molecule has 8 heteroatoms. The van der Waals surface area contributed by atoms with Crippen LogP contribution in [0.15, 0.2) is 65.7 Å². The fraction of sp³-hybridized carbons (Fsp3) is 0.130. The van der Waals surface area contributed by atoms with Crippen LogP contribution in [0.5, 0.6) is 0 Å². The zero-order valence-corrected chi connectivity index (χ0v) is 17.7. The average Bonchev–Trinajstić information content (AvgIpc) is 2.78. The topological polar surface area (TPSA) is 95.6 Å². The average molecular weight is 431 g/mol. The molecular weight excluding hydrogens is 412 g/mol. The van der Waals surface area contributed by atoms with Crippen molar-refractivity contribution in [2.45, 2.75) is 13.0 Å². The number of aromatic nitrogens is 3. The molecule has 3 aromatic heterocycles. The molecule has 0 spiro atoms. The van der Waals surface area contributed by atoms with Crippen LogP contribution in [-0.4, -0.2) is 14.5 Å². The highest BCUT2D eigenvalue weighted by Gasteiger charge is 2.13. The lowest BCUT2D eigenvalue weighted by atomic mass is 10.1. The van der Waals surface area contributed by atoms with Gasteiger partial charge in [0, 0.05) is 42.3 Å². The highest BCUT2D eigenvalue weighted by atomic mass is 35.5. The van der Waals surface area contributed by atoms with Crippen molar-refractivity contribution < 1.29 is 0 Å². The molecule has 4 aromatic rings. The molecule has 31 heavy (non-hydrogen) atoms. The van der Waals surface area contributed by atoms with Gasteiger partial charge >= 0.3 is 0 Å². The SMILES string of the molecule is CC(Nc1cc(=O)n(C)c2ccc(Nc3ccnc(Cl)c3C#N)cc12)c1ccccn1. The molecule has 0 saturated heterocycles. The summed E-state index contributed by atoms with van der Waals surface area (Å²) in [5.74, 6) is 0. The fourth-order valence-electron chi connectivity index (χ4n) is 3.40. The summed E-state index contributed by atoms with van der Waals surface area (Å²) in [6, 6.07) is 16.6. The molecule has 1 unspecified atom stereocenters. The highest BCUT2D eigenvalue weighted by Crippen LogP contribution is 2.30. The first kappa shape index (κ1) is 20.4. The van der Waals surface area contributed by atoms with Crippen molar-refractivity contribution in [1.29, 1.82) is 5.26 Å². The predicted molar refractivity (Wildman–Crippen MR) is 123 cm³/mol. The van der Waals surface area contributed by atoms with E-state index in [0.717, 1.165) is 22.3 Å². The van der Waals surface area contributed by atoms with Gasteiger partial charge in [-0.3, -0.25) is 9.78 Å². The Hall–Kier alpha value is -3.89. The molecule has 0 amide bonds. The summed E-state index contributed by atoms with van der Waals surface area (Å²) in [6.07, 6.45) is 3.28. The second-order valence-electron chi connectivity index (χ2n) is 7.07. The maximum absolute atomic E-state index is 12.5. The van der Waals surface area contributed by atoms with E-state index in [9.17, 15) is 10.1 Å². The van der Waals surface area contributed by atoms with Crippen LogP contribution in [0.1, 0.15) is 24.2 Å². The molecule has 154 valence electrons. The number of halogens is 1. The molecule has 3 heterocycles. The summed E-state index contributed by atoms with van der Waals surface area (Å²) < 4.78 is 1.60. The Morgan fingerprint density at radius 3 is 2.68 bits per heavy atom. The van der Waals surface area contributed by atoms with Crippen molar-refractivity contribution in [3.63, 3.8) is 0 Å². The number of nitrogens with zero attached hydrogens (tertiary/aromatic N) is 4. The van der Waals surface area contributed by atoms with Crippen LogP contribution in [0, 0.1) is 11.3 Å².